The highest BCUT2D eigenvalue weighted by Gasteiger charge is 2.21. The minimum Gasteiger partial charge on any atom is -0.478 e. The van der Waals surface area contributed by atoms with E-state index in [9.17, 15) is 13.2 Å². The van der Waals surface area contributed by atoms with Gasteiger partial charge in [0.05, 0.1) is 11.3 Å². The van der Waals surface area contributed by atoms with Crippen LogP contribution in [0.3, 0.4) is 0 Å². The van der Waals surface area contributed by atoms with Gasteiger partial charge in [-0.05, 0) is 18.2 Å². The van der Waals surface area contributed by atoms with Crippen LogP contribution in [0.4, 0.5) is 5.69 Å². The summed E-state index contributed by atoms with van der Waals surface area (Å²) in [5.74, 6) is -1.20. The van der Waals surface area contributed by atoms with Crippen molar-refractivity contribution in [2.24, 2.45) is 0 Å². The number of carboxylic acid groups (broad SMARTS) is 1. The highest BCUT2D eigenvalue weighted by Crippen LogP contribution is 2.22. The van der Waals surface area contributed by atoms with Crippen LogP contribution in [0.25, 0.3) is 0 Å². The maximum atomic E-state index is 11.8. The summed E-state index contributed by atoms with van der Waals surface area (Å²) in [7, 11) is -1.02. The maximum Gasteiger partial charge on any atom is 0.335 e. The van der Waals surface area contributed by atoms with Crippen molar-refractivity contribution in [1.82, 2.24) is 4.31 Å². The predicted octanol–water partition coefficient (Wildman–Crippen LogP) is 0.217. The summed E-state index contributed by atoms with van der Waals surface area (Å²) >= 11 is 0. The predicted molar refractivity (Wildman–Crippen MR) is 58.7 cm³/mol. The molecule has 3 N–H and O–H groups in total. The molecule has 0 aliphatic rings. The third-order valence-electron chi connectivity index (χ3n) is 2.02. The van der Waals surface area contributed by atoms with E-state index in [4.69, 9.17) is 10.8 Å². The van der Waals surface area contributed by atoms with Gasteiger partial charge in [-0.25, -0.2) is 17.5 Å². The highest BCUT2D eigenvalue weighted by molar-refractivity contribution is 7.89. The molecule has 1 aromatic carbocycles. The monoisotopic (exact) mass is 244 g/mol. The molecule has 1 aromatic rings. The molecular weight excluding hydrogens is 232 g/mol. The van der Waals surface area contributed by atoms with E-state index in [0.717, 1.165) is 10.4 Å². The van der Waals surface area contributed by atoms with Crippen LogP contribution in [0.15, 0.2) is 23.1 Å². The topological polar surface area (TPSA) is 101 Å². The van der Waals surface area contributed by atoms with Crippen molar-refractivity contribution < 1.29 is 18.3 Å². The minimum atomic E-state index is -3.72. The Morgan fingerprint density at radius 2 is 1.94 bits per heavy atom. The van der Waals surface area contributed by atoms with Gasteiger partial charge in [-0.3, -0.25) is 0 Å². The van der Waals surface area contributed by atoms with Crippen molar-refractivity contribution in [2.75, 3.05) is 19.8 Å². The highest BCUT2D eigenvalue weighted by atomic mass is 32.2. The van der Waals surface area contributed by atoms with E-state index in [1.807, 2.05) is 0 Å². The van der Waals surface area contributed by atoms with Crippen LogP contribution in [-0.4, -0.2) is 37.9 Å². The Morgan fingerprint density at radius 3 is 2.38 bits per heavy atom. The molecule has 1 rings (SSSR count). The van der Waals surface area contributed by atoms with Crippen molar-refractivity contribution in [3.8, 4) is 0 Å². The van der Waals surface area contributed by atoms with Crippen molar-refractivity contribution in [3.05, 3.63) is 23.8 Å². The number of anilines is 1. The van der Waals surface area contributed by atoms with Gasteiger partial charge in [-0.15, -0.1) is 0 Å². The summed E-state index contributed by atoms with van der Waals surface area (Å²) in [6.45, 7) is 0. The molecule has 0 unspecified atom stereocenters. The van der Waals surface area contributed by atoms with Crippen molar-refractivity contribution in [1.29, 1.82) is 0 Å². The second kappa shape index (κ2) is 4.11. The summed E-state index contributed by atoms with van der Waals surface area (Å²) in [5, 5.41) is 8.76. The zero-order valence-corrected chi connectivity index (χ0v) is 9.65. The molecule has 0 amide bonds. The summed E-state index contributed by atoms with van der Waals surface area (Å²) in [4.78, 5) is 10.5. The normalized spacial score (nSPS) is 11.7. The van der Waals surface area contributed by atoms with Crippen LogP contribution in [-0.2, 0) is 10.0 Å². The van der Waals surface area contributed by atoms with Crippen molar-refractivity contribution >= 4 is 21.7 Å². The quantitative estimate of drug-likeness (QED) is 0.740. The third-order valence-corrected chi connectivity index (χ3v) is 3.89. The van der Waals surface area contributed by atoms with Crippen LogP contribution < -0.4 is 5.73 Å². The average molecular weight is 244 g/mol. The van der Waals surface area contributed by atoms with E-state index in [-0.39, 0.29) is 16.1 Å². The molecule has 6 nitrogen and oxygen atoms in total. The van der Waals surface area contributed by atoms with Crippen LogP contribution >= 0.6 is 0 Å². The second-order valence-electron chi connectivity index (χ2n) is 3.35. The average Bonchev–Trinajstić information content (AvgIpc) is 2.17. The van der Waals surface area contributed by atoms with Gasteiger partial charge in [-0.2, -0.15) is 0 Å². The van der Waals surface area contributed by atoms with Gasteiger partial charge in [0.15, 0.2) is 0 Å². The summed E-state index contributed by atoms with van der Waals surface area (Å²) in [5.41, 5.74) is 5.43. The Balaban J connectivity index is 3.45. The Kier molecular flexibility index (Phi) is 3.20. The van der Waals surface area contributed by atoms with Gasteiger partial charge in [0.25, 0.3) is 0 Å². The van der Waals surface area contributed by atoms with Crippen LogP contribution in [0.5, 0.6) is 0 Å². The number of rotatable bonds is 3. The van der Waals surface area contributed by atoms with Crippen molar-refractivity contribution in [3.63, 3.8) is 0 Å². The molecule has 0 heterocycles. The Morgan fingerprint density at radius 1 is 1.38 bits per heavy atom. The van der Waals surface area contributed by atoms with Gasteiger partial charge in [-0.1, -0.05) is 0 Å². The molecule has 0 aliphatic carbocycles. The molecule has 88 valence electrons. The molecule has 0 saturated carbocycles. The first kappa shape index (κ1) is 12.5. The number of nitrogen functional groups attached to an aromatic ring is 1. The van der Waals surface area contributed by atoms with Gasteiger partial charge in [0, 0.05) is 14.1 Å². The number of nitrogens with two attached hydrogens (primary N) is 1. The van der Waals surface area contributed by atoms with E-state index in [0.29, 0.717) is 0 Å². The van der Waals surface area contributed by atoms with E-state index in [1.54, 1.807) is 0 Å². The first-order valence-corrected chi connectivity index (χ1v) is 5.76. The molecule has 0 spiro atoms. The Hall–Kier alpha value is -1.60. The van der Waals surface area contributed by atoms with Crippen LogP contribution in [0, 0.1) is 0 Å². The zero-order chi connectivity index (χ0) is 12.5. The van der Waals surface area contributed by atoms with Crippen LogP contribution in [0.2, 0.25) is 0 Å². The van der Waals surface area contributed by atoms with E-state index in [2.05, 4.69) is 0 Å². The summed E-state index contributed by atoms with van der Waals surface area (Å²) in [6.07, 6.45) is 0. The van der Waals surface area contributed by atoms with Gasteiger partial charge >= 0.3 is 5.97 Å². The lowest BCUT2D eigenvalue weighted by Gasteiger charge is -2.13. The number of carboxylic acids is 1. The number of aromatic carboxylic acids is 1. The molecule has 0 bridgehead atoms. The number of hydrogen-bond donors (Lipinski definition) is 2. The van der Waals surface area contributed by atoms with Crippen LogP contribution in [0.1, 0.15) is 10.4 Å². The fraction of sp³-hybridized carbons (Fsp3) is 0.222. The Bertz CT molecular complexity index is 522. The molecule has 0 saturated heterocycles. The lowest BCUT2D eigenvalue weighted by Crippen LogP contribution is -2.23. The van der Waals surface area contributed by atoms with Gasteiger partial charge in [0.1, 0.15) is 4.90 Å². The number of hydrogen-bond acceptors (Lipinski definition) is 4. The maximum absolute atomic E-state index is 11.8. The summed E-state index contributed by atoms with van der Waals surface area (Å²) < 4.78 is 24.5. The third kappa shape index (κ3) is 2.15. The van der Waals surface area contributed by atoms with E-state index in [1.165, 1.54) is 26.2 Å². The summed E-state index contributed by atoms with van der Waals surface area (Å²) in [6, 6.07) is 3.57. The number of sulfonamides is 1. The van der Waals surface area contributed by atoms with E-state index >= 15 is 0 Å². The molecule has 16 heavy (non-hydrogen) atoms. The zero-order valence-electron chi connectivity index (χ0n) is 8.84. The molecule has 0 aromatic heterocycles. The smallest absolute Gasteiger partial charge is 0.335 e. The number of carbonyl (C=O) groups is 1. The fourth-order valence-electron chi connectivity index (χ4n) is 1.09. The SMILES string of the molecule is CN(C)S(=O)(=O)c1cc(C(=O)O)ccc1N. The van der Waals surface area contributed by atoms with Crippen molar-refractivity contribution in [2.45, 2.75) is 4.90 Å². The molecule has 0 radical (unpaired) electrons. The lowest BCUT2D eigenvalue weighted by molar-refractivity contribution is 0.0696. The van der Waals surface area contributed by atoms with Gasteiger partial charge < -0.3 is 10.8 Å². The largest absolute Gasteiger partial charge is 0.478 e. The fourth-order valence-corrected chi connectivity index (χ4v) is 2.12. The number of benzene rings is 1. The minimum absolute atomic E-state index is 0.0266. The molecule has 0 aliphatic heterocycles. The molecule has 7 heteroatoms. The van der Waals surface area contributed by atoms with Gasteiger partial charge in [0.2, 0.25) is 10.0 Å². The first-order chi connectivity index (χ1) is 7.26. The second-order valence-corrected chi connectivity index (χ2v) is 5.47. The van der Waals surface area contributed by atoms with E-state index < -0.39 is 16.0 Å². The standard InChI is InChI=1S/C9H12N2O4S/c1-11(2)16(14,15)8-5-6(9(12)13)3-4-7(8)10/h3-5H,10H2,1-2H3,(H,12,13). The molecule has 0 atom stereocenters. The number of nitrogens with zero attached hydrogens (tertiary/aromatic N) is 1. The first-order valence-electron chi connectivity index (χ1n) is 4.32. The molecular formula is C9H12N2O4S. The lowest BCUT2D eigenvalue weighted by atomic mass is 10.2. The molecule has 0 fully saturated rings. The Labute approximate surface area is 93.3 Å².